The Balaban J connectivity index is 1.70. The molecular weight excluding hydrogens is 420 g/mol. The van der Waals surface area contributed by atoms with Crippen LogP contribution in [0.1, 0.15) is 57.4 Å². The lowest BCUT2D eigenvalue weighted by atomic mass is 9.89. The molecule has 2 aromatic heterocycles. The lowest BCUT2D eigenvalue weighted by Gasteiger charge is -2.21. The van der Waals surface area contributed by atoms with Crippen LogP contribution in [-0.2, 0) is 9.53 Å². The number of carbonyl (C=O) groups is 1. The molecule has 0 aliphatic heterocycles. The number of carboxylic acids is 1. The summed E-state index contributed by atoms with van der Waals surface area (Å²) in [5.74, 6) is 0.502. The van der Waals surface area contributed by atoms with Crippen LogP contribution in [0.5, 0.6) is 5.88 Å². The van der Waals surface area contributed by atoms with Gasteiger partial charge < -0.3 is 19.0 Å². The summed E-state index contributed by atoms with van der Waals surface area (Å²) in [4.78, 5) is 19.6. The van der Waals surface area contributed by atoms with Gasteiger partial charge in [0, 0.05) is 24.7 Å². The molecule has 33 heavy (non-hydrogen) atoms. The monoisotopic (exact) mass is 450 g/mol. The molecule has 0 spiro atoms. The van der Waals surface area contributed by atoms with Crippen molar-refractivity contribution in [2.45, 2.75) is 64.1 Å². The molecular formula is C26H30N2O5. The van der Waals surface area contributed by atoms with E-state index in [0.29, 0.717) is 18.0 Å². The average Bonchev–Trinajstić information content (AvgIpc) is 3.23. The van der Waals surface area contributed by atoms with Crippen molar-refractivity contribution in [3.8, 4) is 17.2 Å². The maximum Gasteiger partial charge on any atom is 0.303 e. The zero-order chi connectivity index (χ0) is 23.2. The molecule has 2 heterocycles. The number of hydrogen-bond donors (Lipinski definition) is 1. The number of furan rings is 1. The summed E-state index contributed by atoms with van der Waals surface area (Å²) < 4.78 is 18.1. The smallest absolute Gasteiger partial charge is 0.303 e. The zero-order valence-corrected chi connectivity index (χ0v) is 19.1. The minimum atomic E-state index is -0.769. The zero-order valence-electron chi connectivity index (χ0n) is 19.1. The number of ether oxygens (including phenoxy) is 2. The molecule has 0 fully saturated rings. The maximum atomic E-state index is 10.8. The fourth-order valence-corrected chi connectivity index (χ4v) is 4.30. The number of carboxylic acid groups (broad SMARTS) is 1. The van der Waals surface area contributed by atoms with E-state index in [0.717, 1.165) is 54.4 Å². The van der Waals surface area contributed by atoms with E-state index in [-0.39, 0.29) is 18.6 Å². The number of rotatable bonds is 10. The molecule has 0 saturated heterocycles. The molecule has 4 rings (SSSR count). The number of nitrogens with zero attached hydrogens (tertiary/aromatic N) is 2. The van der Waals surface area contributed by atoms with Crippen LogP contribution < -0.4 is 4.74 Å². The van der Waals surface area contributed by atoms with Gasteiger partial charge in [0.05, 0.1) is 12.2 Å². The van der Waals surface area contributed by atoms with Crippen molar-refractivity contribution in [2.24, 2.45) is 0 Å². The summed E-state index contributed by atoms with van der Waals surface area (Å²) in [6.07, 6.45) is 8.78. The van der Waals surface area contributed by atoms with Crippen molar-refractivity contribution in [1.29, 1.82) is 0 Å². The molecule has 2 unspecified atom stereocenters. The Bertz CT molecular complexity index is 1120. The number of benzene rings is 1. The maximum absolute atomic E-state index is 10.8. The minimum Gasteiger partial charge on any atom is -0.481 e. The van der Waals surface area contributed by atoms with Gasteiger partial charge in [-0.05, 0) is 51.0 Å². The summed E-state index contributed by atoms with van der Waals surface area (Å²) in [5, 5.41) is 9.63. The van der Waals surface area contributed by atoms with Crippen molar-refractivity contribution in [3.63, 3.8) is 0 Å². The van der Waals surface area contributed by atoms with Crippen LogP contribution in [0.25, 0.3) is 28.0 Å². The third-order valence-electron chi connectivity index (χ3n) is 6.07. The van der Waals surface area contributed by atoms with Crippen LogP contribution >= 0.6 is 0 Å². The van der Waals surface area contributed by atoms with Crippen molar-refractivity contribution in [3.05, 3.63) is 48.3 Å². The van der Waals surface area contributed by atoms with Gasteiger partial charge in [-0.1, -0.05) is 36.4 Å². The third-order valence-corrected chi connectivity index (χ3v) is 6.07. The molecule has 0 amide bonds. The highest BCUT2D eigenvalue weighted by molar-refractivity contribution is 5.99. The van der Waals surface area contributed by atoms with Gasteiger partial charge in [0.15, 0.2) is 0 Å². The SMILES string of the molecule is COC1CC=C(c2c(-c3ccccc3)oc3ncnc(OC(C)CCCCC(=O)O)c23)CC1. The first-order chi connectivity index (χ1) is 16.1. The quantitative estimate of drug-likeness (QED) is 0.385. The molecule has 7 nitrogen and oxygen atoms in total. The van der Waals surface area contributed by atoms with Crippen LogP contribution in [0.2, 0.25) is 0 Å². The van der Waals surface area contributed by atoms with Crippen molar-refractivity contribution in [2.75, 3.05) is 7.11 Å². The van der Waals surface area contributed by atoms with Gasteiger partial charge in [0.2, 0.25) is 11.6 Å². The van der Waals surface area contributed by atoms with Crippen LogP contribution in [0.15, 0.2) is 47.2 Å². The molecule has 174 valence electrons. The summed E-state index contributed by atoms with van der Waals surface area (Å²) in [6, 6.07) is 10.0. The normalized spacial score (nSPS) is 17.0. The van der Waals surface area contributed by atoms with E-state index >= 15 is 0 Å². The van der Waals surface area contributed by atoms with Gasteiger partial charge in [-0.2, -0.15) is 0 Å². The molecule has 7 heteroatoms. The third kappa shape index (κ3) is 5.42. The Morgan fingerprint density at radius 1 is 1.24 bits per heavy atom. The van der Waals surface area contributed by atoms with Crippen LogP contribution in [0.3, 0.4) is 0 Å². The van der Waals surface area contributed by atoms with Crippen molar-refractivity contribution >= 4 is 22.6 Å². The standard InChI is InChI=1S/C26H30N2O5/c1-17(8-6-7-11-21(29)30)32-25-23-22(18-12-14-20(31-2)15-13-18)24(19-9-4-3-5-10-19)33-26(23)28-16-27-25/h3-5,9-10,12,16-17,20H,6-8,11,13-15H2,1-2H3,(H,29,30). The van der Waals surface area contributed by atoms with E-state index in [1.807, 2.05) is 37.3 Å². The summed E-state index contributed by atoms with van der Waals surface area (Å²) in [6.45, 7) is 1.98. The number of methoxy groups -OCH3 is 1. The number of unbranched alkanes of at least 4 members (excludes halogenated alkanes) is 1. The fraction of sp³-hybridized carbons (Fsp3) is 0.423. The highest BCUT2D eigenvalue weighted by atomic mass is 16.5. The predicted molar refractivity (Wildman–Crippen MR) is 126 cm³/mol. The number of allylic oxidation sites excluding steroid dienone is 1. The van der Waals surface area contributed by atoms with Crippen LogP contribution in [-0.4, -0.2) is 40.4 Å². The molecule has 3 aromatic rings. The summed E-state index contributed by atoms with van der Waals surface area (Å²) >= 11 is 0. The van der Waals surface area contributed by atoms with Gasteiger partial charge in [-0.15, -0.1) is 0 Å². The predicted octanol–water partition coefficient (Wildman–Crippen LogP) is 5.88. The van der Waals surface area contributed by atoms with Crippen molar-refractivity contribution in [1.82, 2.24) is 9.97 Å². The highest BCUT2D eigenvalue weighted by Gasteiger charge is 2.27. The van der Waals surface area contributed by atoms with Crippen LogP contribution in [0, 0.1) is 0 Å². The Morgan fingerprint density at radius 2 is 2.06 bits per heavy atom. The second-order valence-corrected chi connectivity index (χ2v) is 8.46. The lowest BCUT2D eigenvalue weighted by Crippen LogP contribution is -2.14. The second-order valence-electron chi connectivity index (χ2n) is 8.46. The Kier molecular flexibility index (Phi) is 7.40. The molecule has 0 bridgehead atoms. The molecule has 1 aliphatic carbocycles. The van der Waals surface area contributed by atoms with E-state index in [1.165, 1.54) is 11.9 Å². The topological polar surface area (TPSA) is 94.7 Å². The van der Waals surface area contributed by atoms with Gasteiger partial charge in [0.1, 0.15) is 17.5 Å². The highest BCUT2D eigenvalue weighted by Crippen LogP contribution is 2.43. The first-order valence-electron chi connectivity index (χ1n) is 11.5. The van der Waals surface area contributed by atoms with E-state index in [2.05, 4.69) is 16.0 Å². The van der Waals surface area contributed by atoms with Gasteiger partial charge in [-0.3, -0.25) is 4.79 Å². The van der Waals surface area contributed by atoms with E-state index in [9.17, 15) is 4.79 Å². The van der Waals surface area contributed by atoms with Gasteiger partial charge in [-0.25, -0.2) is 9.97 Å². The van der Waals surface area contributed by atoms with Gasteiger partial charge in [0.25, 0.3) is 0 Å². The number of fused-ring (bicyclic) bond motifs is 1. The van der Waals surface area contributed by atoms with E-state index < -0.39 is 5.97 Å². The lowest BCUT2D eigenvalue weighted by molar-refractivity contribution is -0.137. The molecule has 1 aromatic carbocycles. The fourth-order valence-electron chi connectivity index (χ4n) is 4.30. The Hall–Kier alpha value is -3.19. The average molecular weight is 451 g/mol. The van der Waals surface area contributed by atoms with Gasteiger partial charge >= 0.3 is 5.97 Å². The minimum absolute atomic E-state index is 0.113. The molecule has 0 saturated carbocycles. The van der Waals surface area contributed by atoms with Crippen molar-refractivity contribution < 1.29 is 23.8 Å². The Morgan fingerprint density at radius 3 is 2.76 bits per heavy atom. The molecule has 0 radical (unpaired) electrons. The summed E-state index contributed by atoms with van der Waals surface area (Å²) in [7, 11) is 1.75. The molecule has 1 aliphatic rings. The molecule has 1 N–H and O–H groups in total. The number of aromatic nitrogens is 2. The Labute approximate surface area is 193 Å². The first-order valence-corrected chi connectivity index (χ1v) is 11.5. The second kappa shape index (κ2) is 10.6. The number of aliphatic carboxylic acids is 1. The largest absolute Gasteiger partial charge is 0.481 e. The first kappa shape index (κ1) is 23.0. The number of hydrogen-bond acceptors (Lipinski definition) is 6. The van der Waals surface area contributed by atoms with Crippen LogP contribution in [0.4, 0.5) is 0 Å². The molecule has 2 atom stereocenters. The van der Waals surface area contributed by atoms with E-state index in [1.54, 1.807) is 7.11 Å². The van der Waals surface area contributed by atoms with E-state index in [4.69, 9.17) is 19.0 Å². The summed E-state index contributed by atoms with van der Waals surface area (Å²) in [5.41, 5.74) is 3.66.